The van der Waals surface area contributed by atoms with Gasteiger partial charge in [0, 0.05) is 0 Å². The highest BCUT2D eigenvalue weighted by molar-refractivity contribution is 5.31. The summed E-state index contributed by atoms with van der Waals surface area (Å²) >= 11 is 0. The van der Waals surface area contributed by atoms with Gasteiger partial charge in [-0.15, -0.1) is 6.58 Å². The zero-order chi connectivity index (χ0) is 19.3. The van der Waals surface area contributed by atoms with Gasteiger partial charge in [0.2, 0.25) is 0 Å². The van der Waals surface area contributed by atoms with E-state index in [2.05, 4.69) is 31.7 Å². The number of unbranched alkanes of at least 4 members (excludes halogenated alkanes) is 6. The van der Waals surface area contributed by atoms with E-state index in [-0.39, 0.29) is 5.82 Å². The lowest BCUT2D eigenvalue weighted by molar-refractivity contribution is 0.592. The van der Waals surface area contributed by atoms with Gasteiger partial charge < -0.3 is 0 Å². The second-order valence-electron chi connectivity index (χ2n) is 7.69. The zero-order valence-corrected chi connectivity index (χ0v) is 17.0. The van der Waals surface area contributed by atoms with Crippen molar-refractivity contribution >= 4 is 0 Å². The molecule has 146 valence electrons. The number of halogens is 1. The summed E-state index contributed by atoms with van der Waals surface area (Å²) in [6.07, 6.45) is 15.5. The third-order valence-corrected chi connectivity index (χ3v) is 5.36. The van der Waals surface area contributed by atoms with E-state index >= 15 is 0 Å². The molecule has 0 saturated heterocycles. The second kappa shape index (κ2) is 12.5. The maximum atomic E-state index is 12.9. The number of allylic oxidation sites excluding steroid dienone is 1. The van der Waals surface area contributed by atoms with Crippen molar-refractivity contribution in [3.63, 3.8) is 0 Å². The van der Waals surface area contributed by atoms with Gasteiger partial charge >= 0.3 is 0 Å². The summed E-state index contributed by atoms with van der Waals surface area (Å²) in [6.45, 7) is 6.03. The van der Waals surface area contributed by atoms with Crippen LogP contribution in [0.3, 0.4) is 0 Å². The van der Waals surface area contributed by atoms with E-state index in [1.807, 2.05) is 18.2 Å². The van der Waals surface area contributed by atoms with E-state index in [9.17, 15) is 4.39 Å². The monoisotopic (exact) mass is 366 g/mol. The Morgan fingerprint density at radius 2 is 1.33 bits per heavy atom. The van der Waals surface area contributed by atoms with Gasteiger partial charge in [-0.2, -0.15) is 0 Å². The lowest BCUT2D eigenvalue weighted by atomic mass is 9.97. The van der Waals surface area contributed by atoms with Gasteiger partial charge in [-0.25, -0.2) is 4.39 Å². The van der Waals surface area contributed by atoms with Crippen molar-refractivity contribution in [2.24, 2.45) is 0 Å². The summed E-state index contributed by atoms with van der Waals surface area (Å²) < 4.78 is 12.9. The van der Waals surface area contributed by atoms with E-state index < -0.39 is 0 Å². The molecule has 0 saturated carbocycles. The van der Waals surface area contributed by atoms with E-state index in [0.29, 0.717) is 0 Å². The van der Waals surface area contributed by atoms with Crippen LogP contribution in [0, 0.1) is 12.7 Å². The maximum Gasteiger partial charge on any atom is 0.123 e. The third kappa shape index (κ3) is 8.56. The Hall–Kier alpha value is -1.89. The van der Waals surface area contributed by atoms with Gasteiger partial charge in [-0.05, 0) is 86.3 Å². The Kier molecular flexibility index (Phi) is 9.90. The number of rotatable bonds is 13. The lowest BCUT2D eigenvalue weighted by Gasteiger charge is -2.09. The summed E-state index contributed by atoms with van der Waals surface area (Å²) in [4.78, 5) is 0. The molecule has 2 aromatic rings. The quantitative estimate of drug-likeness (QED) is 0.251. The van der Waals surface area contributed by atoms with Crippen LogP contribution in [0.4, 0.5) is 4.39 Å². The molecule has 0 nitrogen and oxygen atoms in total. The Morgan fingerprint density at radius 3 is 2.00 bits per heavy atom. The molecule has 0 atom stereocenters. The van der Waals surface area contributed by atoms with Crippen LogP contribution >= 0.6 is 0 Å². The normalized spacial score (nSPS) is 10.9. The molecule has 1 heteroatoms. The van der Waals surface area contributed by atoms with Crippen molar-refractivity contribution in [3.8, 4) is 0 Å². The van der Waals surface area contributed by atoms with E-state index in [1.54, 1.807) is 12.1 Å². The fraction of sp³-hybridized carbons (Fsp3) is 0.462. The summed E-state index contributed by atoms with van der Waals surface area (Å²) in [5.74, 6) is -0.142. The Morgan fingerprint density at radius 1 is 0.741 bits per heavy atom. The van der Waals surface area contributed by atoms with Gasteiger partial charge in [0.05, 0.1) is 0 Å². The fourth-order valence-electron chi connectivity index (χ4n) is 3.60. The zero-order valence-electron chi connectivity index (χ0n) is 17.0. The molecular formula is C26H35F. The molecule has 2 rings (SSSR count). The molecule has 0 spiro atoms. The molecule has 27 heavy (non-hydrogen) atoms. The van der Waals surface area contributed by atoms with Crippen molar-refractivity contribution in [1.82, 2.24) is 0 Å². The Balaban J connectivity index is 1.56. The molecule has 0 amide bonds. The van der Waals surface area contributed by atoms with E-state index in [0.717, 1.165) is 12.8 Å². The first kappa shape index (κ1) is 21.4. The average molecular weight is 367 g/mol. The van der Waals surface area contributed by atoms with Gasteiger partial charge in [-0.1, -0.05) is 62.1 Å². The van der Waals surface area contributed by atoms with Gasteiger partial charge in [0.15, 0.2) is 0 Å². The highest BCUT2D eigenvalue weighted by atomic mass is 19.1. The largest absolute Gasteiger partial charge is 0.207 e. The molecule has 0 unspecified atom stereocenters. The second-order valence-corrected chi connectivity index (χ2v) is 7.69. The number of benzene rings is 2. The number of aryl methyl sites for hydroxylation is 4. The van der Waals surface area contributed by atoms with Crippen LogP contribution in [-0.2, 0) is 19.3 Å². The van der Waals surface area contributed by atoms with Crippen molar-refractivity contribution in [2.45, 2.75) is 77.6 Å². The molecule has 0 aromatic heterocycles. The average Bonchev–Trinajstić information content (AvgIpc) is 2.67. The minimum Gasteiger partial charge on any atom is -0.207 e. The summed E-state index contributed by atoms with van der Waals surface area (Å²) in [5.41, 5.74) is 5.67. The maximum absolute atomic E-state index is 12.9. The summed E-state index contributed by atoms with van der Waals surface area (Å²) in [5, 5.41) is 0. The summed E-state index contributed by atoms with van der Waals surface area (Å²) in [7, 11) is 0. The van der Waals surface area contributed by atoms with Crippen LogP contribution < -0.4 is 0 Å². The predicted octanol–water partition coefficient (Wildman–Crippen LogP) is 7.77. The third-order valence-electron chi connectivity index (χ3n) is 5.36. The Bertz CT molecular complexity index is 669. The van der Waals surface area contributed by atoms with Crippen molar-refractivity contribution in [3.05, 3.63) is 83.2 Å². The predicted molar refractivity (Wildman–Crippen MR) is 116 cm³/mol. The molecular weight excluding hydrogens is 331 g/mol. The minimum atomic E-state index is -0.142. The topological polar surface area (TPSA) is 0 Å². The standard InChI is InChI=1S/C26H35F/c1-3-4-9-14-25-21-24(16-15-22(25)2)13-11-8-6-5-7-10-12-23-17-19-26(27)20-18-23/h3,15-21H,1,4-14H2,2H3. The van der Waals surface area contributed by atoms with Crippen molar-refractivity contribution in [1.29, 1.82) is 0 Å². The van der Waals surface area contributed by atoms with Gasteiger partial charge in [0.1, 0.15) is 5.82 Å². The first-order valence-corrected chi connectivity index (χ1v) is 10.6. The van der Waals surface area contributed by atoms with Gasteiger partial charge in [-0.3, -0.25) is 0 Å². The molecule has 2 aromatic carbocycles. The molecule has 0 radical (unpaired) electrons. The number of hydrogen-bond donors (Lipinski definition) is 0. The Labute approximate surface area is 165 Å². The minimum absolute atomic E-state index is 0.142. The molecule has 0 fully saturated rings. The highest BCUT2D eigenvalue weighted by Crippen LogP contribution is 2.17. The smallest absolute Gasteiger partial charge is 0.123 e. The van der Waals surface area contributed by atoms with Crippen LogP contribution in [0.2, 0.25) is 0 Å². The first-order valence-electron chi connectivity index (χ1n) is 10.6. The summed E-state index contributed by atoms with van der Waals surface area (Å²) in [6, 6.07) is 13.9. The molecule has 0 heterocycles. The highest BCUT2D eigenvalue weighted by Gasteiger charge is 2.01. The van der Waals surface area contributed by atoms with Crippen LogP contribution in [0.25, 0.3) is 0 Å². The van der Waals surface area contributed by atoms with Crippen LogP contribution in [0.5, 0.6) is 0 Å². The van der Waals surface area contributed by atoms with Crippen molar-refractivity contribution in [2.75, 3.05) is 0 Å². The van der Waals surface area contributed by atoms with Crippen LogP contribution in [0.15, 0.2) is 55.1 Å². The van der Waals surface area contributed by atoms with E-state index in [1.165, 1.54) is 80.0 Å². The van der Waals surface area contributed by atoms with Gasteiger partial charge in [0.25, 0.3) is 0 Å². The first-order chi connectivity index (χ1) is 13.2. The van der Waals surface area contributed by atoms with E-state index in [4.69, 9.17) is 0 Å². The van der Waals surface area contributed by atoms with Crippen LogP contribution in [0.1, 0.15) is 73.6 Å². The molecule has 0 aliphatic carbocycles. The molecule has 0 bridgehead atoms. The van der Waals surface area contributed by atoms with Crippen LogP contribution in [-0.4, -0.2) is 0 Å². The molecule has 0 aliphatic heterocycles. The SMILES string of the molecule is C=CCCCc1cc(CCCCCCCCc2ccc(F)cc2)ccc1C. The lowest BCUT2D eigenvalue weighted by Crippen LogP contribution is -1.94. The fourth-order valence-corrected chi connectivity index (χ4v) is 3.60. The molecule has 0 aliphatic rings. The molecule has 0 N–H and O–H groups in total. The number of hydrogen-bond acceptors (Lipinski definition) is 0. The van der Waals surface area contributed by atoms with Crippen molar-refractivity contribution < 1.29 is 4.39 Å².